The van der Waals surface area contributed by atoms with Gasteiger partial charge in [0.2, 0.25) is 5.43 Å². The fourth-order valence-electron chi connectivity index (χ4n) is 2.35. The van der Waals surface area contributed by atoms with Crippen LogP contribution >= 0.6 is 11.6 Å². The quantitative estimate of drug-likeness (QED) is 0.398. The number of rotatable bonds is 4. The number of carbonyl (C=O) groups excluding carboxylic acids is 2. The lowest BCUT2D eigenvalue weighted by atomic mass is 10.2. The van der Waals surface area contributed by atoms with E-state index in [1.807, 2.05) is 5.43 Å². The number of amides is 2. The summed E-state index contributed by atoms with van der Waals surface area (Å²) in [5, 5.41) is 6.69. The molecule has 2 N–H and O–H groups in total. The highest BCUT2D eigenvalue weighted by Gasteiger charge is 2.15. The minimum absolute atomic E-state index is 0.0835. The molecule has 0 radical (unpaired) electrons. The van der Waals surface area contributed by atoms with Crippen LogP contribution in [0.4, 0.5) is 5.69 Å². The first-order valence-electron chi connectivity index (χ1n) is 7.98. The van der Waals surface area contributed by atoms with Crippen LogP contribution in [-0.4, -0.2) is 25.1 Å². The molecule has 8 nitrogen and oxygen atoms in total. The van der Waals surface area contributed by atoms with Gasteiger partial charge in [0.05, 0.1) is 30.0 Å². The number of anilines is 1. The van der Waals surface area contributed by atoms with E-state index in [0.29, 0.717) is 22.0 Å². The molecule has 0 aliphatic heterocycles. The lowest BCUT2D eigenvalue weighted by Gasteiger charge is -2.08. The minimum Gasteiger partial charge on any atom is -0.495 e. The molecule has 0 fully saturated rings. The largest absolute Gasteiger partial charge is 0.495 e. The summed E-state index contributed by atoms with van der Waals surface area (Å²) in [7, 11) is 1.44. The van der Waals surface area contributed by atoms with Crippen molar-refractivity contribution < 1.29 is 18.7 Å². The van der Waals surface area contributed by atoms with E-state index in [9.17, 15) is 14.4 Å². The van der Waals surface area contributed by atoms with Crippen LogP contribution in [-0.2, 0) is 9.59 Å². The third-order valence-corrected chi connectivity index (χ3v) is 3.93. The molecule has 0 saturated heterocycles. The van der Waals surface area contributed by atoms with Gasteiger partial charge in [-0.2, -0.15) is 5.10 Å². The lowest BCUT2D eigenvalue weighted by molar-refractivity contribution is -0.136. The van der Waals surface area contributed by atoms with Gasteiger partial charge < -0.3 is 14.5 Å². The zero-order valence-corrected chi connectivity index (χ0v) is 15.3. The third-order valence-electron chi connectivity index (χ3n) is 3.69. The van der Waals surface area contributed by atoms with Crippen LogP contribution in [0.5, 0.6) is 5.75 Å². The molecule has 0 aliphatic rings. The van der Waals surface area contributed by atoms with Gasteiger partial charge in [-0.1, -0.05) is 23.7 Å². The van der Waals surface area contributed by atoms with Crippen molar-refractivity contribution in [3.8, 4) is 5.75 Å². The maximum atomic E-state index is 12.4. The average Bonchev–Trinajstić information content (AvgIpc) is 2.70. The van der Waals surface area contributed by atoms with Crippen molar-refractivity contribution in [2.75, 3.05) is 12.4 Å². The van der Waals surface area contributed by atoms with Gasteiger partial charge >= 0.3 is 11.8 Å². The third kappa shape index (κ3) is 4.18. The summed E-state index contributed by atoms with van der Waals surface area (Å²) in [4.78, 5) is 36.2. The van der Waals surface area contributed by atoms with E-state index in [4.69, 9.17) is 20.8 Å². The molecule has 3 rings (SSSR count). The Morgan fingerprint density at radius 3 is 2.75 bits per heavy atom. The number of hydrogen-bond acceptors (Lipinski definition) is 6. The highest BCUT2D eigenvalue weighted by molar-refractivity contribution is 6.39. The molecular formula is C19H14ClN3O5. The van der Waals surface area contributed by atoms with Gasteiger partial charge in [-0.25, -0.2) is 5.43 Å². The molecule has 0 spiro atoms. The van der Waals surface area contributed by atoms with Gasteiger partial charge in [0.15, 0.2) is 0 Å². The van der Waals surface area contributed by atoms with Crippen LogP contribution in [0.15, 0.2) is 63.0 Å². The van der Waals surface area contributed by atoms with Crippen molar-refractivity contribution >= 4 is 46.3 Å². The Morgan fingerprint density at radius 2 is 1.96 bits per heavy atom. The zero-order valence-electron chi connectivity index (χ0n) is 14.6. The van der Waals surface area contributed by atoms with E-state index in [2.05, 4.69) is 10.4 Å². The van der Waals surface area contributed by atoms with E-state index < -0.39 is 11.8 Å². The smallest absolute Gasteiger partial charge is 0.329 e. The van der Waals surface area contributed by atoms with Crippen molar-refractivity contribution in [3.05, 3.63) is 69.5 Å². The number of benzene rings is 2. The Labute approximate surface area is 163 Å². The Bertz CT molecular complexity index is 1140. The summed E-state index contributed by atoms with van der Waals surface area (Å²) in [6.45, 7) is 0. The molecule has 0 unspecified atom stereocenters. The first-order valence-corrected chi connectivity index (χ1v) is 8.36. The average molecular weight is 400 g/mol. The van der Waals surface area contributed by atoms with Crippen molar-refractivity contribution in [3.63, 3.8) is 0 Å². The molecule has 3 aromatic rings. The van der Waals surface area contributed by atoms with E-state index in [-0.39, 0.29) is 16.4 Å². The Hall–Kier alpha value is -3.65. The monoisotopic (exact) mass is 399 g/mol. The summed E-state index contributed by atoms with van der Waals surface area (Å²) in [6.07, 6.45) is 2.28. The standard InChI is InChI=1S/C19H14ClN3O5/c1-27-16-5-3-2-4-14(16)22-18(25)19(26)23-21-9-11-10-28-15-7-6-12(20)8-13(15)17(11)24/h2-10H,1H3,(H,22,25)(H,23,26)/b21-9+. The molecule has 142 valence electrons. The molecule has 0 aliphatic carbocycles. The Balaban J connectivity index is 1.69. The molecule has 2 aromatic carbocycles. The highest BCUT2D eigenvalue weighted by atomic mass is 35.5. The van der Waals surface area contributed by atoms with E-state index in [1.54, 1.807) is 36.4 Å². The lowest BCUT2D eigenvalue weighted by Crippen LogP contribution is -2.32. The Kier molecular flexibility index (Phi) is 5.71. The van der Waals surface area contributed by atoms with Gasteiger partial charge in [0.25, 0.3) is 0 Å². The number of carbonyl (C=O) groups is 2. The molecule has 1 aromatic heterocycles. The highest BCUT2D eigenvalue weighted by Crippen LogP contribution is 2.22. The van der Waals surface area contributed by atoms with Crippen LogP contribution in [0, 0.1) is 0 Å². The first-order chi connectivity index (χ1) is 13.5. The number of nitrogens with zero attached hydrogens (tertiary/aromatic N) is 1. The second-order valence-electron chi connectivity index (χ2n) is 5.51. The predicted molar refractivity (Wildman–Crippen MR) is 105 cm³/mol. The van der Waals surface area contributed by atoms with Crippen LogP contribution in [0.3, 0.4) is 0 Å². The van der Waals surface area contributed by atoms with E-state index in [0.717, 1.165) is 6.21 Å². The van der Waals surface area contributed by atoms with Crippen molar-refractivity contribution in [2.45, 2.75) is 0 Å². The van der Waals surface area contributed by atoms with Gasteiger partial charge in [0.1, 0.15) is 17.6 Å². The van der Waals surface area contributed by atoms with Gasteiger partial charge in [0, 0.05) is 5.02 Å². The fraction of sp³-hybridized carbons (Fsp3) is 0.0526. The van der Waals surface area contributed by atoms with Gasteiger partial charge in [-0.3, -0.25) is 14.4 Å². The first kappa shape index (κ1) is 19.1. The van der Waals surface area contributed by atoms with E-state index in [1.165, 1.54) is 19.4 Å². The van der Waals surface area contributed by atoms with E-state index >= 15 is 0 Å². The number of methoxy groups -OCH3 is 1. The van der Waals surface area contributed by atoms with Crippen LogP contribution in [0.1, 0.15) is 5.56 Å². The van der Waals surface area contributed by atoms with Gasteiger partial charge in [-0.15, -0.1) is 0 Å². The minimum atomic E-state index is -1.02. The van der Waals surface area contributed by atoms with Crippen molar-refractivity contribution in [1.29, 1.82) is 0 Å². The summed E-state index contributed by atoms with van der Waals surface area (Å²) in [6, 6.07) is 11.3. The molecular weight excluding hydrogens is 386 g/mol. The number of hydrogen-bond donors (Lipinski definition) is 2. The number of nitrogens with one attached hydrogen (secondary N) is 2. The second kappa shape index (κ2) is 8.36. The number of fused-ring (bicyclic) bond motifs is 1. The second-order valence-corrected chi connectivity index (χ2v) is 5.95. The van der Waals surface area contributed by atoms with Crippen LogP contribution in [0.25, 0.3) is 11.0 Å². The Morgan fingerprint density at radius 1 is 1.18 bits per heavy atom. The topological polar surface area (TPSA) is 110 Å². The molecule has 0 atom stereocenters. The van der Waals surface area contributed by atoms with Crippen molar-refractivity contribution in [1.82, 2.24) is 5.43 Å². The summed E-state index contributed by atoms with van der Waals surface area (Å²) < 4.78 is 10.4. The molecule has 28 heavy (non-hydrogen) atoms. The normalized spacial score (nSPS) is 10.8. The number of hydrazone groups is 1. The SMILES string of the molecule is COc1ccccc1NC(=O)C(=O)N/N=C/c1coc2ccc(Cl)cc2c1=O. The number of ether oxygens (including phenoxy) is 1. The predicted octanol–water partition coefficient (Wildman–Crippen LogP) is 2.54. The van der Waals surface area contributed by atoms with Crippen LogP contribution in [0.2, 0.25) is 5.02 Å². The van der Waals surface area contributed by atoms with Crippen LogP contribution < -0.4 is 20.9 Å². The summed E-state index contributed by atoms with van der Waals surface area (Å²) in [5.41, 5.74) is 2.46. The molecule has 1 heterocycles. The fourth-order valence-corrected chi connectivity index (χ4v) is 2.52. The number of halogens is 1. The summed E-state index contributed by atoms with van der Waals surface area (Å²) >= 11 is 5.89. The summed E-state index contributed by atoms with van der Waals surface area (Å²) in [5.74, 6) is -1.56. The molecule has 0 bridgehead atoms. The zero-order chi connectivity index (χ0) is 20.1. The number of para-hydroxylation sites is 2. The van der Waals surface area contributed by atoms with Gasteiger partial charge in [-0.05, 0) is 30.3 Å². The molecule has 0 saturated carbocycles. The van der Waals surface area contributed by atoms with Crippen molar-refractivity contribution in [2.24, 2.45) is 5.10 Å². The maximum Gasteiger partial charge on any atom is 0.329 e. The molecule has 2 amide bonds. The molecule has 9 heteroatoms. The maximum absolute atomic E-state index is 12.4.